The summed E-state index contributed by atoms with van der Waals surface area (Å²) in [5, 5.41) is 11.0. The molecule has 0 spiro atoms. The van der Waals surface area contributed by atoms with Gasteiger partial charge in [-0.2, -0.15) is 5.10 Å². The molecular weight excluding hydrogens is 232 g/mol. The highest BCUT2D eigenvalue weighted by molar-refractivity contribution is 7.09. The summed E-state index contributed by atoms with van der Waals surface area (Å²) in [6.07, 6.45) is 1.99. The minimum atomic E-state index is 0.496. The lowest BCUT2D eigenvalue weighted by Crippen LogP contribution is -2.21. The second-order valence-corrected chi connectivity index (χ2v) is 5.37. The summed E-state index contributed by atoms with van der Waals surface area (Å²) in [5.74, 6) is 0. The Bertz CT molecular complexity index is 472. The molecule has 2 heterocycles. The molecule has 0 saturated carbocycles. The van der Waals surface area contributed by atoms with Crippen LogP contribution < -0.4 is 5.32 Å². The highest BCUT2D eigenvalue weighted by Gasteiger charge is 2.04. The molecule has 0 aliphatic rings. The molecule has 92 valence electrons. The molecule has 2 aromatic rings. The highest BCUT2D eigenvalue weighted by Crippen LogP contribution is 2.11. The molecule has 0 aliphatic carbocycles. The standard InChI is InChI=1S/C12H18N4S/c1-9(2)13-6-12-14-11(8-17-12)7-16-5-4-10(3)15-16/h4-5,8-9,13H,6-7H2,1-3H3. The minimum Gasteiger partial charge on any atom is -0.308 e. The van der Waals surface area contributed by atoms with Gasteiger partial charge in [-0.25, -0.2) is 4.98 Å². The van der Waals surface area contributed by atoms with E-state index in [1.165, 1.54) is 0 Å². The number of aromatic nitrogens is 3. The molecule has 0 unspecified atom stereocenters. The summed E-state index contributed by atoms with van der Waals surface area (Å²) in [5.41, 5.74) is 2.13. The van der Waals surface area contributed by atoms with E-state index in [-0.39, 0.29) is 0 Å². The number of aryl methyl sites for hydroxylation is 1. The van der Waals surface area contributed by atoms with E-state index in [4.69, 9.17) is 0 Å². The second kappa shape index (κ2) is 5.42. The smallest absolute Gasteiger partial charge is 0.107 e. The molecule has 0 aliphatic heterocycles. The maximum atomic E-state index is 4.58. The lowest BCUT2D eigenvalue weighted by atomic mass is 10.4. The van der Waals surface area contributed by atoms with Gasteiger partial charge in [0.1, 0.15) is 5.01 Å². The summed E-state index contributed by atoms with van der Waals surface area (Å²) < 4.78 is 1.92. The van der Waals surface area contributed by atoms with E-state index in [1.54, 1.807) is 11.3 Å². The van der Waals surface area contributed by atoms with Crippen molar-refractivity contribution in [2.75, 3.05) is 0 Å². The predicted octanol–water partition coefficient (Wildman–Crippen LogP) is 2.19. The molecule has 0 bridgehead atoms. The number of rotatable bonds is 5. The van der Waals surface area contributed by atoms with Crippen molar-refractivity contribution in [3.63, 3.8) is 0 Å². The number of thiazole rings is 1. The molecule has 0 amide bonds. The van der Waals surface area contributed by atoms with E-state index in [9.17, 15) is 0 Å². The van der Waals surface area contributed by atoms with Crippen molar-refractivity contribution < 1.29 is 0 Å². The largest absolute Gasteiger partial charge is 0.308 e. The van der Waals surface area contributed by atoms with Gasteiger partial charge in [0.15, 0.2) is 0 Å². The topological polar surface area (TPSA) is 42.7 Å². The highest BCUT2D eigenvalue weighted by atomic mass is 32.1. The molecule has 0 fully saturated rings. The minimum absolute atomic E-state index is 0.496. The Morgan fingerprint density at radius 2 is 2.29 bits per heavy atom. The van der Waals surface area contributed by atoms with Gasteiger partial charge in [-0.1, -0.05) is 13.8 Å². The van der Waals surface area contributed by atoms with Gasteiger partial charge < -0.3 is 5.32 Å². The van der Waals surface area contributed by atoms with Crippen LogP contribution in [-0.2, 0) is 13.1 Å². The van der Waals surface area contributed by atoms with Crippen LogP contribution >= 0.6 is 11.3 Å². The normalized spacial score (nSPS) is 11.3. The second-order valence-electron chi connectivity index (χ2n) is 4.42. The number of hydrogen-bond acceptors (Lipinski definition) is 4. The molecule has 4 nitrogen and oxygen atoms in total. The SMILES string of the molecule is Cc1ccn(Cc2csc(CNC(C)C)n2)n1. The van der Waals surface area contributed by atoms with Gasteiger partial charge in [0.25, 0.3) is 0 Å². The zero-order valence-corrected chi connectivity index (χ0v) is 11.3. The summed E-state index contributed by atoms with van der Waals surface area (Å²) in [6, 6.07) is 2.50. The Hall–Kier alpha value is -1.20. The summed E-state index contributed by atoms with van der Waals surface area (Å²) in [4.78, 5) is 4.58. The maximum Gasteiger partial charge on any atom is 0.107 e. The third-order valence-electron chi connectivity index (χ3n) is 2.36. The average Bonchev–Trinajstić information content (AvgIpc) is 2.86. The van der Waals surface area contributed by atoms with E-state index in [1.807, 2.05) is 23.9 Å². The number of hydrogen-bond donors (Lipinski definition) is 1. The average molecular weight is 250 g/mol. The van der Waals surface area contributed by atoms with Gasteiger partial charge in [-0.05, 0) is 13.0 Å². The van der Waals surface area contributed by atoms with E-state index in [0.717, 1.165) is 29.5 Å². The van der Waals surface area contributed by atoms with Crippen molar-refractivity contribution in [2.24, 2.45) is 0 Å². The third-order valence-corrected chi connectivity index (χ3v) is 3.26. The molecular formula is C12H18N4S. The van der Waals surface area contributed by atoms with E-state index in [2.05, 4.69) is 34.6 Å². The number of nitrogens with zero attached hydrogens (tertiary/aromatic N) is 3. The third kappa shape index (κ3) is 3.64. The van der Waals surface area contributed by atoms with Gasteiger partial charge in [-0.3, -0.25) is 4.68 Å². The van der Waals surface area contributed by atoms with E-state index < -0.39 is 0 Å². The van der Waals surface area contributed by atoms with Crippen LogP contribution in [0, 0.1) is 6.92 Å². The Kier molecular flexibility index (Phi) is 3.91. The van der Waals surface area contributed by atoms with Crippen LogP contribution in [0.3, 0.4) is 0 Å². The first kappa shape index (κ1) is 12.3. The zero-order chi connectivity index (χ0) is 12.3. The van der Waals surface area contributed by atoms with Crippen LogP contribution in [0.4, 0.5) is 0 Å². The molecule has 0 aromatic carbocycles. The fourth-order valence-electron chi connectivity index (χ4n) is 1.51. The molecule has 2 aromatic heterocycles. The monoisotopic (exact) mass is 250 g/mol. The maximum absolute atomic E-state index is 4.58. The summed E-state index contributed by atoms with van der Waals surface area (Å²) in [6.45, 7) is 7.88. The molecule has 0 radical (unpaired) electrons. The molecule has 1 N–H and O–H groups in total. The van der Waals surface area contributed by atoms with E-state index >= 15 is 0 Å². The van der Waals surface area contributed by atoms with Crippen molar-refractivity contribution in [3.8, 4) is 0 Å². The first-order valence-corrected chi connectivity index (χ1v) is 6.68. The van der Waals surface area contributed by atoms with Gasteiger partial charge in [0.05, 0.1) is 17.9 Å². The van der Waals surface area contributed by atoms with Gasteiger partial charge in [-0.15, -0.1) is 11.3 Å². The number of nitrogens with one attached hydrogen (secondary N) is 1. The molecule has 17 heavy (non-hydrogen) atoms. The first-order valence-electron chi connectivity index (χ1n) is 5.80. The summed E-state index contributed by atoms with van der Waals surface area (Å²) in [7, 11) is 0. The quantitative estimate of drug-likeness (QED) is 0.884. The van der Waals surface area contributed by atoms with Crippen molar-refractivity contribution in [2.45, 2.75) is 39.9 Å². The van der Waals surface area contributed by atoms with Crippen LogP contribution in [-0.4, -0.2) is 20.8 Å². The van der Waals surface area contributed by atoms with Gasteiger partial charge >= 0.3 is 0 Å². The van der Waals surface area contributed by atoms with Crippen LogP contribution in [0.2, 0.25) is 0 Å². The van der Waals surface area contributed by atoms with Crippen LogP contribution in [0.1, 0.15) is 30.2 Å². The fourth-order valence-corrected chi connectivity index (χ4v) is 2.25. The Balaban J connectivity index is 1.94. The van der Waals surface area contributed by atoms with Crippen molar-refractivity contribution >= 4 is 11.3 Å². The Morgan fingerprint density at radius 3 is 2.94 bits per heavy atom. The fraction of sp³-hybridized carbons (Fsp3) is 0.500. The van der Waals surface area contributed by atoms with Gasteiger partial charge in [0, 0.05) is 24.2 Å². The molecule has 0 atom stereocenters. The van der Waals surface area contributed by atoms with Crippen LogP contribution in [0.5, 0.6) is 0 Å². The molecule has 0 saturated heterocycles. The Morgan fingerprint density at radius 1 is 1.47 bits per heavy atom. The molecule has 2 rings (SSSR count). The van der Waals surface area contributed by atoms with Crippen LogP contribution in [0.25, 0.3) is 0 Å². The first-order chi connectivity index (χ1) is 8.13. The molecule has 5 heteroatoms. The summed E-state index contributed by atoms with van der Waals surface area (Å²) >= 11 is 1.70. The van der Waals surface area contributed by atoms with E-state index in [0.29, 0.717) is 6.04 Å². The predicted molar refractivity (Wildman–Crippen MR) is 70.2 cm³/mol. The zero-order valence-electron chi connectivity index (χ0n) is 10.5. The van der Waals surface area contributed by atoms with Crippen LogP contribution in [0.15, 0.2) is 17.6 Å². The Labute approximate surface area is 106 Å². The van der Waals surface area contributed by atoms with Crippen molar-refractivity contribution in [3.05, 3.63) is 34.0 Å². The lowest BCUT2D eigenvalue weighted by molar-refractivity contribution is 0.584. The van der Waals surface area contributed by atoms with Gasteiger partial charge in [0.2, 0.25) is 0 Å². The van der Waals surface area contributed by atoms with Crippen molar-refractivity contribution in [1.82, 2.24) is 20.1 Å². The lowest BCUT2D eigenvalue weighted by Gasteiger charge is -2.04. The van der Waals surface area contributed by atoms with Crippen molar-refractivity contribution in [1.29, 1.82) is 0 Å².